The van der Waals surface area contributed by atoms with E-state index in [9.17, 15) is 0 Å². The van der Waals surface area contributed by atoms with Gasteiger partial charge in [0.25, 0.3) is 0 Å². The van der Waals surface area contributed by atoms with Crippen LogP contribution < -0.4 is 5.73 Å². The van der Waals surface area contributed by atoms with Crippen LogP contribution in [0, 0.1) is 0 Å². The molecule has 17 heavy (non-hydrogen) atoms. The second-order valence-corrected chi connectivity index (χ2v) is 3.74. The molecule has 0 unspecified atom stereocenters. The summed E-state index contributed by atoms with van der Waals surface area (Å²) in [5, 5.41) is 0. The van der Waals surface area contributed by atoms with Crippen LogP contribution in [0.5, 0.6) is 0 Å². The fourth-order valence-electron chi connectivity index (χ4n) is 1.55. The first kappa shape index (κ1) is 13.4. The lowest BCUT2D eigenvalue weighted by molar-refractivity contribution is 0.969. The molecule has 0 bridgehead atoms. The van der Waals surface area contributed by atoms with Gasteiger partial charge in [-0.1, -0.05) is 49.9 Å². The first-order valence-corrected chi connectivity index (χ1v) is 5.95. The molecule has 0 spiro atoms. The van der Waals surface area contributed by atoms with Gasteiger partial charge in [0, 0.05) is 11.9 Å². The summed E-state index contributed by atoms with van der Waals surface area (Å²) in [6, 6.07) is 10.2. The molecule has 1 aromatic rings. The highest BCUT2D eigenvalue weighted by Crippen LogP contribution is 2.07. The first-order valence-electron chi connectivity index (χ1n) is 5.95. The fourth-order valence-corrected chi connectivity index (χ4v) is 1.55. The number of hydrogen-bond donors (Lipinski definition) is 1. The van der Waals surface area contributed by atoms with Crippen molar-refractivity contribution in [1.82, 2.24) is 0 Å². The average molecular weight is 228 g/mol. The van der Waals surface area contributed by atoms with Gasteiger partial charge in [0.1, 0.15) is 0 Å². The van der Waals surface area contributed by atoms with Gasteiger partial charge in [0.05, 0.1) is 0 Å². The van der Waals surface area contributed by atoms with Gasteiger partial charge in [-0.25, -0.2) is 0 Å². The van der Waals surface area contributed by atoms with E-state index in [4.69, 9.17) is 5.73 Å². The third-order valence-electron chi connectivity index (χ3n) is 2.52. The molecular formula is C15H20N2. The number of nitrogens with zero attached hydrogens (tertiary/aromatic N) is 1. The first-order chi connectivity index (χ1) is 8.31. The van der Waals surface area contributed by atoms with Crippen LogP contribution >= 0.6 is 0 Å². The van der Waals surface area contributed by atoms with Crippen LogP contribution in [-0.4, -0.2) is 12.3 Å². The molecule has 2 heteroatoms. The van der Waals surface area contributed by atoms with Gasteiger partial charge in [0.2, 0.25) is 0 Å². The van der Waals surface area contributed by atoms with Gasteiger partial charge < -0.3 is 5.73 Å². The summed E-state index contributed by atoms with van der Waals surface area (Å²) in [7, 11) is 0. The molecule has 1 rings (SSSR count). The molecule has 0 aliphatic carbocycles. The van der Waals surface area contributed by atoms with Gasteiger partial charge in [-0.3, -0.25) is 4.99 Å². The number of nitrogens with two attached hydrogens (primary N) is 1. The third-order valence-corrected chi connectivity index (χ3v) is 2.52. The Morgan fingerprint density at radius 2 is 2.06 bits per heavy atom. The van der Waals surface area contributed by atoms with E-state index in [-0.39, 0.29) is 0 Å². The largest absolute Gasteiger partial charge is 0.330 e. The van der Waals surface area contributed by atoms with Crippen LogP contribution in [-0.2, 0) is 0 Å². The lowest BCUT2D eigenvalue weighted by Gasteiger charge is -2.03. The minimum Gasteiger partial charge on any atom is -0.330 e. The predicted molar refractivity (Wildman–Crippen MR) is 75.2 cm³/mol. The Labute approximate surface area is 104 Å². The van der Waals surface area contributed by atoms with E-state index in [1.165, 1.54) is 5.56 Å². The summed E-state index contributed by atoms with van der Waals surface area (Å²) in [6.07, 6.45) is 5.41. The summed E-state index contributed by atoms with van der Waals surface area (Å²) >= 11 is 0. The molecule has 90 valence electrons. The van der Waals surface area contributed by atoms with Crippen molar-refractivity contribution < 1.29 is 0 Å². The van der Waals surface area contributed by atoms with Crippen LogP contribution in [0.25, 0.3) is 0 Å². The molecule has 0 atom stereocenters. The molecule has 2 N–H and O–H groups in total. The average Bonchev–Trinajstić information content (AvgIpc) is 2.39. The van der Waals surface area contributed by atoms with Crippen molar-refractivity contribution in [3.63, 3.8) is 0 Å². The number of hydrogen-bond acceptors (Lipinski definition) is 2. The fraction of sp³-hybridized carbons (Fsp3) is 0.267. The minimum atomic E-state index is 0.625. The number of aliphatic imine (C=N–C) groups is 1. The van der Waals surface area contributed by atoms with Crippen molar-refractivity contribution in [2.24, 2.45) is 10.7 Å². The molecule has 0 radical (unpaired) electrons. The molecule has 0 saturated carbocycles. The standard InChI is InChI=1S/C15H20N2/c1-3-13(10-11-16)12-17-15(4-2)14-8-6-5-7-9-14/h3,5-9,12H,1,4,10-11,16H2,2H3/b13-12+,17-15+. The molecule has 2 nitrogen and oxygen atoms in total. The van der Waals surface area contributed by atoms with Gasteiger partial charge in [-0.15, -0.1) is 0 Å². The molecule has 0 fully saturated rings. The van der Waals surface area contributed by atoms with Crippen molar-refractivity contribution in [2.75, 3.05) is 6.54 Å². The molecule has 0 saturated heterocycles. The zero-order valence-electron chi connectivity index (χ0n) is 10.4. The molecule has 0 heterocycles. The van der Waals surface area contributed by atoms with E-state index in [1.54, 1.807) is 0 Å². The highest BCUT2D eigenvalue weighted by Gasteiger charge is 1.98. The molecule has 0 aliphatic heterocycles. The Bertz CT molecular complexity index is 402. The van der Waals surface area contributed by atoms with E-state index in [0.717, 1.165) is 24.1 Å². The number of allylic oxidation sites excluding steroid dienone is 1. The second kappa shape index (κ2) is 7.58. The van der Waals surface area contributed by atoms with Crippen molar-refractivity contribution in [2.45, 2.75) is 19.8 Å². The van der Waals surface area contributed by atoms with Crippen LogP contribution in [0.3, 0.4) is 0 Å². The summed E-state index contributed by atoms with van der Waals surface area (Å²) < 4.78 is 0. The Morgan fingerprint density at radius 1 is 1.35 bits per heavy atom. The third kappa shape index (κ3) is 4.37. The molecule has 0 aromatic heterocycles. The summed E-state index contributed by atoms with van der Waals surface area (Å²) in [5.41, 5.74) is 8.85. The van der Waals surface area contributed by atoms with E-state index in [0.29, 0.717) is 6.54 Å². The number of rotatable bonds is 6. The summed E-state index contributed by atoms with van der Waals surface area (Å²) in [4.78, 5) is 4.53. The molecule has 0 aliphatic rings. The SMILES string of the molecule is C=C/C(=C\N=C(/CC)c1ccccc1)CCN. The van der Waals surface area contributed by atoms with Crippen molar-refractivity contribution >= 4 is 5.71 Å². The maximum absolute atomic E-state index is 5.52. The highest BCUT2D eigenvalue weighted by atomic mass is 14.7. The van der Waals surface area contributed by atoms with Gasteiger partial charge in [-0.2, -0.15) is 0 Å². The van der Waals surface area contributed by atoms with Gasteiger partial charge >= 0.3 is 0 Å². The van der Waals surface area contributed by atoms with Crippen LogP contribution in [0.4, 0.5) is 0 Å². The smallest absolute Gasteiger partial charge is 0.0473 e. The molecular weight excluding hydrogens is 208 g/mol. The zero-order valence-corrected chi connectivity index (χ0v) is 10.4. The topological polar surface area (TPSA) is 38.4 Å². The van der Waals surface area contributed by atoms with E-state index < -0.39 is 0 Å². The van der Waals surface area contributed by atoms with Crippen molar-refractivity contribution in [3.05, 3.63) is 60.3 Å². The van der Waals surface area contributed by atoms with Crippen LogP contribution in [0.1, 0.15) is 25.3 Å². The maximum Gasteiger partial charge on any atom is 0.0473 e. The Hall–Kier alpha value is -1.67. The summed E-state index contributed by atoms with van der Waals surface area (Å²) in [6.45, 7) is 6.50. The Balaban J connectivity index is 2.91. The zero-order chi connectivity index (χ0) is 12.5. The highest BCUT2D eigenvalue weighted by molar-refractivity contribution is 6.00. The van der Waals surface area contributed by atoms with Crippen LogP contribution in [0.15, 0.2) is 59.8 Å². The second-order valence-electron chi connectivity index (χ2n) is 3.74. The van der Waals surface area contributed by atoms with Gasteiger partial charge in [-0.05, 0) is 30.5 Å². The van der Waals surface area contributed by atoms with Gasteiger partial charge in [0.15, 0.2) is 0 Å². The van der Waals surface area contributed by atoms with E-state index in [1.807, 2.05) is 30.5 Å². The van der Waals surface area contributed by atoms with E-state index in [2.05, 4.69) is 30.6 Å². The Kier molecular flexibility index (Phi) is 5.97. The lowest BCUT2D eigenvalue weighted by atomic mass is 10.1. The minimum absolute atomic E-state index is 0.625. The monoisotopic (exact) mass is 228 g/mol. The summed E-state index contributed by atoms with van der Waals surface area (Å²) in [5.74, 6) is 0. The number of benzene rings is 1. The maximum atomic E-state index is 5.52. The molecule has 0 amide bonds. The predicted octanol–water partition coefficient (Wildman–Crippen LogP) is 3.30. The molecule has 1 aromatic carbocycles. The van der Waals surface area contributed by atoms with Crippen molar-refractivity contribution in [1.29, 1.82) is 0 Å². The lowest BCUT2D eigenvalue weighted by Crippen LogP contribution is -2.00. The normalized spacial score (nSPS) is 12.6. The van der Waals surface area contributed by atoms with E-state index >= 15 is 0 Å². The quantitative estimate of drug-likeness (QED) is 0.589. The van der Waals surface area contributed by atoms with Crippen LogP contribution in [0.2, 0.25) is 0 Å². The Morgan fingerprint density at radius 3 is 2.59 bits per heavy atom. The van der Waals surface area contributed by atoms with Crippen molar-refractivity contribution in [3.8, 4) is 0 Å².